The van der Waals surface area contributed by atoms with E-state index in [0.29, 0.717) is 28.3 Å². The predicted octanol–water partition coefficient (Wildman–Crippen LogP) is 3.74. The molecule has 3 aromatic rings. The van der Waals surface area contributed by atoms with E-state index in [1.54, 1.807) is 6.20 Å². The van der Waals surface area contributed by atoms with Crippen molar-refractivity contribution < 1.29 is 13.6 Å². The molecule has 0 fully saturated rings. The van der Waals surface area contributed by atoms with E-state index >= 15 is 0 Å². The first-order valence-corrected chi connectivity index (χ1v) is 8.79. The number of pyridine rings is 1. The molecule has 28 heavy (non-hydrogen) atoms. The first kappa shape index (κ1) is 19.7. The van der Waals surface area contributed by atoms with E-state index in [1.165, 1.54) is 6.20 Å². The number of hydrogen-bond donors (Lipinski definition) is 3. The van der Waals surface area contributed by atoms with Crippen molar-refractivity contribution in [3.63, 3.8) is 0 Å². The van der Waals surface area contributed by atoms with Gasteiger partial charge in [-0.3, -0.25) is 14.9 Å². The summed E-state index contributed by atoms with van der Waals surface area (Å²) in [6.07, 6.45) is 3.03. The van der Waals surface area contributed by atoms with Gasteiger partial charge in [0.25, 0.3) is 5.91 Å². The summed E-state index contributed by atoms with van der Waals surface area (Å²) < 4.78 is 26.5. The Morgan fingerprint density at radius 2 is 2.07 bits per heavy atom. The summed E-state index contributed by atoms with van der Waals surface area (Å²) in [5.41, 5.74) is 0.517. The standard InChI is InChI=1S/C18H17ClF2N6O/c1-9(2)6-23-18(25-17(28)10-3-4-12(20)13(21)5-10)24-16-15-11(19)7-22-8-14(15)26-27-16/h3-5,7-9H,6H2,1-2H3,(H3,23,24,25,26,27,28). The quantitative estimate of drug-likeness (QED) is 0.453. The summed E-state index contributed by atoms with van der Waals surface area (Å²) in [5, 5.41) is 13.8. The number of rotatable bonds is 4. The molecule has 7 nitrogen and oxygen atoms in total. The van der Waals surface area contributed by atoms with Crippen molar-refractivity contribution in [1.29, 1.82) is 0 Å². The van der Waals surface area contributed by atoms with Crippen LogP contribution in [0.1, 0.15) is 24.2 Å². The van der Waals surface area contributed by atoms with Gasteiger partial charge in [0, 0.05) is 18.3 Å². The molecule has 0 aliphatic carbocycles. The van der Waals surface area contributed by atoms with Gasteiger partial charge in [-0.1, -0.05) is 25.4 Å². The number of fused-ring (bicyclic) bond motifs is 1. The minimum absolute atomic E-state index is 0.0846. The molecule has 3 rings (SSSR count). The van der Waals surface area contributed by atoms with Gasteiger partial charge in [-0.05, 0) is 24.1 Å². The Bertz CT molecular complexity index is 1050. The summed E-state index contributed by atoms with van der Waals surface area (Å²) in [4.78, 5) is 20.3. The monoisotopic (exact) mass is 406 g/mol. The lowest BCUT2D eigenvalue weighted by Crippen LogP contribution is -2.34. The van der Waals surface area contributed by atoms with Crippen LogP contribution in [0.2, 0.25) is 5.02 Å². The number of nitrogens with one attached hydrogen (secondary N) is 3. The molecule has 2 heterocycles. The second kappa shape index (κ2) is 8.30. The third-order valence-corrected chi connectivity index (χ3v) is 4.01. The van der Waals surface area contributed by atoms with Crippen molar-refractivity contribution in [3.05, 3.63) is 52.8 Å². The summed E-state index contributed by atoms with van der Waals surface area (Å²) >= 11 is 6.18. The van der Waals surface area contributed by atoms with Crippen LogP contribution in [0, 0.1) is 17.6 Å². The molecule has 1 aromatic carbocycles. The zero-order valence-electron chi connectivity index (χ0n) is 15.1. The molecule has 1 amide bonds. The van der Waals surface area contributed by atoms with Gasteiger partial charge in [0.05, 0.1) is 22.1 Å². The number of carbonyl (C=O) groups is 1. The first-order chi connectivity index (χ1) is 13.3. The van der Waals surface area contributed by atoms with Crippen molar-refractivity contribution in [2.24, 2.45) is 10.9 Å². The van der Waals surface area contributed by atoms with E-state index in [1.807, 2.05) is 13.8 Å². The highest BCUT2D eigenvalue weighted by molar-refractivity contribution is 6.36. The number of aliphatic imine (C=N–C) groups is 1. The molecular weight excluding hydrogens is 390 g/mol. The molecule has 3 N–H and O–H groups in total. The highest BCUT2D eigenvalue weighted by Crippen LogP contribution is 2.27. The zero-order valence-corrected chi connectivity index (χ0v) is 15.8. The maximum atomic E-state index is 13.4. The molecule has 0 spiro atoms. The van der Waals surface area contributed by atoms with Crippen molar-refractivity contribution in [2.75, 3.05) is 11.9 Å². The molecule has 0 atom stereocenters. The van der Waals surface area contributed by atoms with E-state index in [0.717, 1.165) is 18.2 Å². The third kappa shape index (κ3) is 4.42. The second-order valence-electron chi connectivity index (χ2n) is 6.41. The first-order valence-electron chi connectivity index (χ1n) is 8.41. The zero-order chi connectivity index (χ0) is 20.3. The van der Waals surface area contributed by atoms with Gasteiger partial charge in [0.15, 0.2) is 17.5 Å². The molecule has 0 aliphatic rings. The van der Waals surface area contributed by atoms with Crippen LogP contribution < -0.4 is 10.6 Å². The van der Waals surface area contributed by atoms with Gasteiger partial charge in [0.1, 0.15) is 0 Å². The summed E-state index contributed by atoms with van der Waals surface area (Å²) in [5.74, 6) is -2.20. The van der Waals surface area contributed by atoms with Gasteiger partial charge >= 0.3 is 0 Å². The number of amides is 1. The van der Waals surface area contributed by atoms with Crippen molar-refractivity contribution in [3.8, 4) is 0 Å². The Kier molecular flexibility index (Phi) is 5.84. The number of nitrogens with zero attached hydrogens (tertiary/aromatic N) is 3. The number of H-pyrrole nitrogens is 1. The maximum absolute atomic E-state index is 13.4. The van der Waals surface area contributed by atoms with Crippen molar-refractivity contribution in [1.82, 2.24) is 20.5 Å². The smallest absolute Gasteiger partial charge is 0.280 e. The molecule has 2 aromatic heterocycles. The molecule has 0 saturated heterocycles. The molecule has 0 aliphatic heterocycles. The normalized spacial score (nSPS) is 11.9. The SMILES string of the molecule is CC(C)CN/C(=N/C(=O)c1ccc(F)c(F)c1)Nc1n[nH]c2cncc(Cl)c12. The predicted molar refractivity (Wildman–Crippen MR) is 103 cm³/mol. The number of aromatic amines is 1. The molecule has 0 bridgehead atoms. The van der Waals surface area contributed by atoms with Crippen LogP contribution in [0.25, 0.3) is 10.9 Å². The van der Waals surface area contributed by atoms with E-state index < -0.39 is 17.5 Å². The topological polar surface area (TPSA) is 95.1 Å². The van der Waals surface area contributed by atoms with E-state index in [4.69, 9.17) is 11.6 Å². The van der Waals surface area contributed by atoms with Gasteiger partial charge in [-0.25, -0.2) is 8.78 Å². The van der Waals surface area contributed by atoms with Crippen LogP contribution in [0.5, 0.6) is 0 Å². The maximum Gasteiger partial charge on any atom is 0.280 e. The van der Waals surface area contributed by atoms with Crippen LogP contribution >= 0.6 is 11.6 Å². The Morgan fingerprint density at radius 1 is 1.29 bits per heavy atom. The largest absolute Gasteiger partial charge is 0.355 e. The minimum Gasteiger partial charge on any atom is -0.355 e. The van der Waals surface area contributed by atoms with Crippen molar-refractivity contribution >= 4 is 40.2 Å². The number of hydrogen-bond acceptors (Lipinski definition) is 3. The Labute approximate surface area is 164 Å². The lowest BCUT2D eigenvalue weighted by atomic mass is 10.2. The second-order valence-corrected chi connectivity index (χ2v) is 6.82. The molecule has 0 saturated carbocycles. The summed E-state index contributed by atoms with van der Waals surface area (Å²) in [7, 11) is 0. The van der Waals surface area contributed by atoms with E-state index in [2.05, 4.69) is 30.8 Å². The average Bonchev–Trinajstić information content (AvgIpc) is 3.06. The summed E-state index contributed by atoms with van der Waals surface area (Å²) in [6.45, 7) is 4.47. The van der Waals surface area contributed by atoms with Crippen LogP contribution in [-0.2, 0) is 0 Å². The summed E-state index contributed by atoms with van der Waals surface area (Å²) in [6, 6.07) is 2.84. The molecule has 10 heteroatoms. The average molecular weight is 407 g/mol. The molecular formula is C18H17ClF2N6O. The number of benzene rings is 1. The van der Waals surface area contributed by atoms with Gasteiger partial charge in [0.2, 0.25) is 5.96 Å². The Hall–Kier alpha value is -3.07. The number of guanidine groups is 1. The molecule has 0 radical (unpaired) electrons. The number of anilines is 1. The fourth-order valence-electron chi connectivity index (χ4n) is 2.34. The van der Waals surface area contributed by atoms with Crippen LogP contribution in [-0.4, -0.2) is 33.6 Å². The molecule has 146 valence electrons. The fraction of sp³-hybridized carbons (Fsp3) is 0.222. The van der Waals surface area contributed by atoms with Gasteiger partial charge < -0.3 is 10.6 Å². The van der Waals surface area contributed by atoms with E-state index in [-0.39, 0.29) is 17.4 Å². The van der Waals surface area contributed by atoms with Gasteiger partial charge in [-0.15, -0.1) is 0 Å². The van der Waals surface area contributed by atoms with Gasteiger partial charge in [-0.2, -0.15) is 10.1 Å². The Balaban J connectivity index is 1.92. The van der Waals surface area contributed by atoms with Crippen LogP contribution in [0.15, 0.2) is 35.6 Å². The number of carbonyl (C=O) groups excluding carboxylic acids is 1. The minimum atomic E-state index is -1.12. The lowest BCUT2D eigenvalue weighted by molar-refractivity contribution is 0.100. The van der Waals surface area contributed by atoms with Crippen LogP contribution in [0.3, 0.4) is 0 Å². The number of halogens is 3. The molecule has 0 unspecified atom stereocenters. The Morgan fingerprint density at radius 3 is 2.79 bits per heavy atom. The van der Waals surface area contributed by atoms with Crippen molar-refractivity contribution in [2.45, 2.75) is 13.8 Å². The fourth-order valence-corrected chi connectivity index (χ4v) is 2.59. The highest BCUT2D eigenvalue weighted by atomic mass is 35.5. The van der Waals surface area contributed by atoms with E-state index in [9.17, 15) is 13.6 Å². The third-order valence-electron chi connectivity index (χ3n) is 3.72. The number of aromatic nitrogens is 3. The van der Waals surface area contributed by atoms with Crippen LogP contribution in [0.4, 0.5) is 14.6 Å². The lowest BCUT2D eigenvalue weighted by Gasteiger charge is -2.12. The highest BCUT2D eigenvalue weighted by Gasteiger charge is 2.15.